The van der Waals surface area contributed by atoms with Gasteiger partial charge >= 0.3 is 0 Å². The highest BCUT2D eigenvalue weighted by Crippen LogP contribution is 2.50. The number of hydrogen-bond acceptors (Lipinski definition) is 3. The fourth-order valence-corrected chi connectivity index (χ4v) is 3.68. The van der Waals surface area contributed by atoms with Crippen LogP contribution in [0.4, 0.5) is 0 Å². The maximum atomic E-state index is 9.28. The van der Waals surface area contributed by atoms with Crippen LogP contribution in [0.15, 0.2) is 0 Å². The Balaban J connectivity index is 1.82. The van der Waals surface area contributed by atoms with Crippen molar-refractivity contribution in [2.24, 2.45) is 23.7 Å². The molecule has 15 heavy (non-hydrogen) atoms. The van der Waals surface area contributed by atoms with Crippen LogP contribution in [0.25, 0.3) is 0 Å². The average Bonchev–Trinajstić information content (AvgIpc) is 2.82. The molecule has 3 aliphatic carbocycles. The number of ether oxygens (including phenoxy) is 2. The van der Waals surface area contributed by atoms with E-state index in [0.29, 0.717) is 31.0 Å². The molecular weight excluding hydrogens is 190 g/mol. The maximum Gasteiger partial charge on any atom is 0.162 e. The first-order chi connectivity index (χ1) is 7.40. The van der Waals surface area contributed by atoms with Crippen molar-refractivity contribution in [3.63, 3.8) is 0 Å². The lowest BCUT2D eigenvalue weighted by Crippen LogP contribution is -2.45. The third-order valence-corrected chi connectivity index (χ3v) is 4.39. The van der Waals surface area contributed by atoms with Crippen molar-refractivity contribution in [3.8, 4) is 6.07 Å². The molecule has 3 saturated carbocycles. The number of nitrogens with zero attached hydrogens (tertiary/aromatic N) is 1. The van der Waals surface area contributed by atoms with E-state index in [0.717, 1.165) is 0 Å². The summed E-state index contributed by atoms with van der Waals surface area (Å²) < 4.78 is 11.2. The molecule has 0 spiro atoms. The first-order valence-electron chi connectivity index (χ1n) is 6.03. The molecule has 2 atom stereocenters. The molecule has 4 rings (SSSR count). The van der Waals surface area contributed by atoms with E-state index < -0.39 is 0 Å². The molecule has 3 nitrogen and oxygen atoms in total. The van der Waals surface area contributed by atoms with Crippen molar-refractivity contribution in [3.05, 3.63) is 0 Å². The molecule has 0 N–H and O–H groups in total. The van der Waals surface area contributed by atoms with Crippen LogP contribution in [-0.2, 0) is 9.47 Å². The molecule has 1 saturated heterocycles. The highest BCUT2D eigenvalue weighted by molar-refractivity contribution is 5.03. The van der Waals surface area contributed by atoms with Crippen LogP contribution in [-0.4, -0.2) is 19.5 Å². The fraction of sp³-hybridized carbons (Fsp3) is 0.917. The standard InChI is InChI=1S/C12H17NO2/c13-7-10-8-1-3-9(4-2-8)11(10)12-14-5-6-15-12/h8-12H,1-6H2. The van der Waals surface area contributed by atoms with Gasteiger partial charge in [-0.1, -0.05) is 0 Å². The molecule has 1 heterocycles. The van der Waals surface area contributed by atoms with E-state index in [9.17, 15) is 5.26 Å². The monoisotopic (exact) mass is 207 g/mol. The molecule has 0 aromatic rings. The lowest BCUT2D eigenvalue weighted by Gasteiger charge is -2.47. The molecule has 2 unspecified atom stereocenters. The predicted octanol–water partition coefficient (Wildman–Crippen LogP) is 1.94. The molecular formula is C12H17NO2. The largest absolute Gasteiger partial charge is 0.350 e. The Kier molecular flexibility index (Phi) is 2.42. The Hall–Kier alpha value is -0.590. The minimum atomic E-state index is -0.0808. The van der Waals surface area contributed by atoms with E-state index >= 15 is 0 Å². The summed E-state index contributed by atoms with van der Waals surface area (Å²) in [5.41, 5.74) is 0. The van der Waals surface area contributed by atoms with Gasteiger partial charge < -0.3 is 9.47 Å². The SMILES string of the molecule is N#CC1C2CCC(CC2)C1C1OCCO1. The van der Waals surface area contributed by atoms with E-state index in [4.69, 9.17) is 9.47 Å². The van der Waals surface area contributed by atoms with Gasteiger partial charge in [0, 0.05) is 5.92 Å². The van der Waals surface area contributed by atoms with Gasteiger partial charge in [0.05, 0.1) is 25.2 Å². The number of nitriles is 1. The van der Waals surface area contributed by atoms with E-state index in [2.05, 4.69) is 6.07 Å². The van der Waals surface area contributed by atoms with Crippen molar-refractivity contribution >= 4 is 0 Å². The summed E-state index contributed by atoms with van der Waals surface area (Å²) in [5.74, 6) is 1.81. The second-order valence-corrected chi connectivity index (χ2v) is 5.02. The lowest BCUT2D eigenvalue weighted by molar-refractivity contribution is -0.142. The van der Waals surface area contributed by atoms with Crippen molar-refractivity contribution < 1.29 is 9.47 Å². The van der Waals surface area contributed by atoms with Crippen LogP contribution in [0.5, 0.6) is 0 Å². The Morgan fingerprint density at radius 3 is 2.13 bits per heavy atom. The van der Waals surface area contributed by atoms with Gasteiger partial charge in [0.2, 0.25) is 0 Å². The van der Waals surface area contributed by atoms with Gasteiger partial charge in [0.25, 0.3) is 0 Å². The molecule has 0 aromatic heterocycles. The van der Waals surface area contributed by atoms with Crippen LogP contribution in [0.3, 0.4) is 0 Å². The quantitative estimate of drug-likeness (QED) is 0.660. The summed E-state index contributed by atoms with van der Waals surface area (Å²) in [5, 5.41) is 9.28. The second-order valence-electron chi connectivity index (χ2n) is 5.02. The lowest BCUT2D eigenvalue weighted by atomic mass is 9.59. The van der Waals surface area contributed by atoms with Gasteiger partial charge in [0.15, 0.2) is 6.29 Å². The van der Waals surface area contributed by atoms with Gasteiger partial charge in [-0.25, -0.2) is 0 Å². The second kappa shape index (κ2) is 3.77. The minimum Gasteiger partial charge on any atom is -0.350 e. The summed E-state index contributed by atoms with van der Waals surface area (Å²) in [6.45, 7) is 1.41. The summed E-state index contributed by atoms with van der Waals surface area (Å²) >= 11 is 0. The van der Waals surface area contributed by atoms with Gasteiger partial charge in [-0.3, -0.25) is 0 Å². The molecule has 4 fully saturated rings. The highest BCUT2D eigenvalue weighted by atomic mass is 16.7. The Morgan fingerprint density at radius 1 is 0.933 bits per heavy atom. The summed E-state index contributed by atoms with van der Waals surface area (Å²) in [7, 11) is 0. The van der Waals surface area contributed by atoms with Crippen LogP contribution in [0.2, 0.25) is 0 Å². The van der Waals surface area contributed by atoms with Crippen LogP contribution >= 0.6 is 0 Å². The smallest absolute Gasteiger partial charge is 0.162 e. The first-order valence-corrected chi connectivity index (χ1v) is 6.03. The molecule has 1 aliphatic heterocycles. The summed E-state index contributed by atoms with van der Waals surface area (Å²) in [6, 6.07) is 2.50. The minimum absolute atomic E-state index is 0.0808. The zero-order chi connectivity index (χ0) is 10.3. The molecule has 0 aromatic carbocycles. The Bertz CT molecular complexity index is 270. The zero-order valence-corrected chi connectivity index (χ0v) is 8.89. The van der Waals surface area contributed by atoms with Crippen molar-refractivity contribution in [1.82, 2.24) is 0 Å². The van der Waals surface area contributed by atoms with Crippen LogP contribution < -0.4 is 0 Å². The number of rotatable bonds is 1. The Morgan fingerprint density at radius 2 is 1.53 bits per heavy atom. The molecule has 82 valence electrons. The maximum absolute atomic E-state index is 9.28. The van der Waals surface area contributed by atoms with Crippen LogP contribution in [0, 0.1) is 35.0 Å². The third-order valence-electron chi connectivity index (χ3n) is 4.39. The van der Waals surface area contributed by atoms with Gasteiger partial charge in [-0.15, -0.1) is 0 Å². The molecule has 0 radical (unpaired) electrons. The summed E-state index contributed by atoms with van der Waals surface area (Å²) in [6.07, 6.45) is 4.95. The number of hydrogen-bond donors (Lipinski definition) is 0. The van der Waals surface area contributed by atoms with Crippen LogP contribution in [0.1, 0.15) is 25.7 Å². The predicted molar refractivity (Wildman–Crippen MR) is 53.7 cm³/mol. The fourth-order valence-electron chi connectivity index (χ4n) is 3.68. The van der Waals surface area contributed by atoms with Gasteiger partial charge in [-0.2, -0.15) is 5.26 Å². The topological polar surface area (TPSA) is 42.2 Å². The van der Waals surface area contributed by atoms with Gasteiger partial charge in [0.1, 0.15) is 0 Å². The van der Waals surface area contributed by atoms with Gasteiger partial charge in [-0.05, 0) is 37.5 Å². The zero-order valence-electron chi connectivity index (χ0n) is 8.89. The average molecular weight is 207 g/mol. The van der Waals surface area contributed by atoms with E-state index in [-0.39, 0.29) is 12.2 Å². The number of fused-ring (bicyclic) bond motifs is 3. The molecule has 2 bridgehead atoms. The van der Waals surface area contributed by atoms with Crippen molar-refractivity contribution in [2.45, 2.75) is 32.0 Å². The highest BCUT2D eigenvalue weighted by Gasteiger charge is 2.48. The Labute approximate surface area is 90.4 Å². The van der Waals surface area contributed by atoms with Crippen molar-refractivity contribution in [2.75, 3.05) is 13.2 Å². The van der Waals surface area contributed by atoms with E-state index in [1.165, 1.54) is 25.7 Å². The normalized spacial score (nSPS) is 45.5. The van der Waals surface area contributed by atoms with Crippen molar-refractivity contribution in [1.29, 1.82) is 5.26 Å². The van der Waals surface area contributed by atoms with E-state index in [1.54, 1.807) is 0 Å². The molecule has 4 aliphatic rings. The molecule has 3 heteroatoms. The third kappa shape index (κ3) is 1.47. The first kappa shape index (κ1) is 9.62. The molecule has 0 amide bonds. The van der Waals surface area contributed by atoms with E-state index in [1.807, 2.05) is 0 Å². The summed E-state index contributed by atoms with van der Waals surface area (Å²) in [4.78, 5) is 0.